The van der Waals surface area contributed by atoms with Gasteiger partial charge in [0.25, 0.3) is 0 Å². The molecule has 0 saturated heterocycles. The van der Waals surface area contributed by atoms with Crippen molar-refractivity contribution in [3.8, 4) is 0 Å². The summed E-state index contributed by atoms with van der Waals surface area (Å²) in [7, 11) is 1.95. The molecule has 0 bridgehead atoms. The monoisotopic (exact) mass is 254 g/mol. The van der Waals surface area contributed by atoms with Crippen molar-refractivity contribution >= 4 is 0 Å². The lowest BCUT2D eigenvalue weighted by Crippen LogP contribution is -2.42. The zero-order chi connectivity index (χ0) is 13.8. The fourth-order valence-corrected chi connectivity index (χ4v) is 2.23. The summed E-state index contributed by atoms with van der Waals surface area (Å²) in [5.41, 5.74) is 1.13. The highest BCUT2D eigenvalue weighted by molar-refractivity contribution is 5.07. The SMILES string of the molecule is CCOC(C(NC)c1cnnn1CC)C(C)(C)C. The maximum Gasteiger partial charge on any atom is 0.0833 e. The normalized spacial score (nSPS) is 15.7. The molecule has 0 spiro atoms. The van der Waals surface area contributed by atoms with Crippen LogP contribution in [0.5, 0.6) is 0 Å². The number of hydrogen-bond donors (Lipinski definition) is 1. The van der Waals surface area contributed by atoms with E-state index in [9.17, 15) is 0 Å². The third kappa shape index (κ3) is 3.29. The van der Waals surface area contributed by atoms with Gasteiger partial charge in [-0.25, -0.2) is 4.68 Å². The number of likely N-dealkylation sites (N-methyl/N-ethyl adjacent to an activating group) is 1. The molecule has 0 radical (unpaired) electrons. The summed E-state index contributed by atoms with van der Waals surface area (Å²) in [6, 6.07) is 0.0971. The van der Waals surface area contributed by atoms with Crippen LogP contribution in [-0.4, -0.2) is 34.8 Å². The number of nitrogens with zero attached hydrogens (tertiary/aromatic N) is 3. The van der Waals surface area contributed by atoms with Crippen molar-refractivity contribution < 1.29 is 4.74 Å². The van der Waals surface area contributed by atoms with Crippen LogP contribution < -0.4 is 5.32 Å². The number of nitrogens with one attached hydrogen (secondary N) is 1. The summed E-state index contributed by atoms with van der Waals surface area (Å²) >= 11 is 0. The number of aryl methyl sites for hydroxylation is 1. The third-order valence-corrected chi connectivity index (χ3v) is 3.08. The number of ether oxygens (including phenoxy) is 1. The lowest BCUT2D eigenvalue weighted by molar-refractivity contribution is -0.0368. The summed E-state index contributed by atoms with van der Waals surface area (Å²) in [4.78, 5) is 0. The van der Waals surface area contributed by atoms with E-state index in [0.717, 1.165) is 12.2 Å². The second-order valence-electron chi connectivity index (χ2n) is 5.48. The quantitative estimate of drug-likeness (QED) is 0.843. The molecular weight excluding hydrogens is 228 g/mol. The van der Waals surface area contributed by atoms with Gasteiger partial charge in [-0.2, -0.15) is 0 Å². The molecule has 104 valence electrons. The summed E-state index contributed by atoms with van der Waals surface area (Å²) in [5, 5.41) is 11.4. The van der Waals surface area contributed by atoms with Gasteiger partial charge >= 0.3 is 0 Å². The predicted molar refractivity (Wildman–Crippen MR) is 72.4 cm³/mol. The van der Waals surface area contributed by atoms with Gasteiger partial charge in [-0.05, 0) is 26.3 Å². The van der Waals surface area contributed by atoms with E-state index in [0.29, 0.717) is 6.61 Å². The van der Waals surface area contributed by atoms with Crippen LogP contribution in [0.4, 0.5) is 0 Å². The lowest BCUT2D eigenvalue weighted by atomic mass is 9.83. The minimum absolute atomic E-state index is 0.0481. The van der Waals surface area contributed by atoms with E-state index in [1.54, 1.807) is 0 Å². The Bertz CT molecular complexity index is 356. The fraction of sp³-hybridized carbons (Fsp3) is 0.846. The maximum atomic E-state index is 5.95. The van der Waals surface area contributed by atoms with Crippen LogP contribution in [0.25, 0.3) is 0 Å². The molecule has 2 unspecified atom stereocenters. The molecule has 1 aromatic heterocycles. The first-order valence-electron chi connectivity index (χ1n) is 6.62. The van der Waals surface area contributed by atoms with Crippen molar-refractivity contribution in [3.05, 3.63) is 11.9 Å². The summed E-state index contributed by atoms with van der Waals surface area (Å²) < 4.78 is 7.87. The van der Waals surface area contributed by atoms with Crippen molar-refractivity contribution in [1.82, 2.24) is 20.3 Å². The van der Waals surface area contributed by atoms with E-state index in [-0.39, 0.29) is 17.6 Å². The van der Waals surface area contributed by atoms with Crippen LogP contribution in [-0.2, 0) is 11.3 Å². The molecule has 0 aliphatic rings. The van der Waals surface area contributed by atoms with Gasteiger partial charge in [-0.15, -0.1) is 5.10 Å². The Kier molecular flexibility index (Phi) is 5.28. The highest BCUT2D eigenvalue weighted by Gasteiger charge is 2.34. The van der Waals surface area contributed by atoms with E-state index < -0.39 is 0 Å². The molecule has 0 fully saturated rings. The fourth-order valence-electron chi connectivity index (χ4n) is 2.23. The first-order chi connectivity index (χ1) is 8.45. The first-order valence-corrected chi connectivity index (χ1v) is 6.62. The van der Waals surface area contributed by atoms with Crippen molar-refractivity contribution in [2.75, 3.05) is 13.7 Å². The molecule has 0 aliphatic carbocycles. The molecule has 1 aromatic rings. The minimum Gasteiger partial charge on any atom is -0.376 e. The van der Waals surface area contributed by atoms with Gasteiger partial charge in [-0.3, -0.25) is 0 Å². The lowest BCUT2D eigenvalue weighted by Gasteiger charge is -2.36. The van der Waals surface area contributed by atoms with Gasteiger partial charge in [0, 0.05) is 13.2 Å². The standard InChI is InChI=1S/C13H26N4O/c1-7-17-10(9-15-16-17)11(14-6)12(18-8-2)13(3,4)5/h9,11-12,14H,7-8H2,1-6H3. The molecule has 1 heterocycles. The van der Waals surface area contributed by atoms with Crippen molar-refractivity contribution in [1.29, 1.82) is 0 Å². The molecule has 1 N–H and O–H groups in total. The van der Waals surface area contributed by atoms with Crippen LogP contribution >= 0.6 is 0 Å². The van der Waals surface area contributed by atoms with Gasteiger partial charge in [0.1, 0.15) is 0 Å². The van der Waals surface area contributed by atoms with Crippen LogP contribution in [0.15, 0.2) is 6.20 Å². The van der Waals surface area contributed by atoms with E-state index in [2.05, 4.69) is 43.3 Å². The van der Waals surface area contributed by atoms with Crippen LogP contribution in [0.3, 0.4) is 0 Å². The second kappa shape index (κ2) is 6.29. The van der Waals surface area contributed by atoms with Crippen molar-refractivity contribution in [3.63, 3.8) is 0 Å². The Morgan fingerprint density at radius 3 is 2.50 bits per heavy atom. The number of hydrogen-bond acceptors (Lipinski definition) is 4. The predicted octanol–water partition coefficient (Wildman–Crippen LogP) is 2.01. The summed E-state index contributed by atoms with van der Waals surface area (Å²) in [5.74, 6) is 0. The van der Waals surface area contributed by atoms with Crippen LogP contribution in [0.2, 0.25) is 0 Å². The molecule has 0 amide bonds. The average Bonchev–Trinajstić information content (AvgIpc) is 2.76. The smallest absolute Gasteiger partial charge is 0.0833 e. The van der Waals surface area contributed by atoms with Gasteiger partial charge < -0.3 is 10.1 Å². The molecule has 18 heavy (non-hydrogen) atoms. The van der Waals surface area contributed by atoms with Crippen LogP contribution in [0.1, 0.15) is 46.4 Å². The Morgan fingerprint density at radius 1 is 1.39 bits per heavy atom. The molecule has 5 nitrogen and oxygen atoms in total. The van der Waals surface area contributed by atoms with E-state index in [4.69, 9.17) is 4.74 Å². The molecule has 5 heteroatoms. The molecular formula is C13H26N4O. The Morgan fingerprint density at radius 2 is 2.06 bits per heavy atom. The maximum absolute atomic E-state index is 5.95. The third-order valence-electron chi connectivity index (χ3n) is 3.08. The Hall–Kier alpha value is -0.940. The molecule has 2 atom stereocenters. The highest BCUT2D eigenvalue weighted by atomic mass is 16.5. The van der Waals surface area contributed by atoms with Gasteiger partial charge in [-0.1, -0.05) is 26.0 Å². The first kappa shape index (κ1) is 15.1. The topological polar surface area (TPSA) is 52.0 Å². The largest absolute Gasteiger partial charge is 0.376 e. The van der Waals surface area contributed by atoms with Crippen LogP contribution in [0, 0.1) is 5.41 Å². The van der Waals surface area contributed by atoms with Gasteiger partial charge in [0.2, 0.25) is 0 Å². The van der Waals surface area contributed by atoms with Crippen molar-refractivity contribution in [2.45, 2.75) is 53.3 Å². The van der Waals surface area contributed by atoms with Gasteiger partial charge in [0.15, 0.2) is 0 Å². The zero-order valence-corrected chi connectivity index (χ0v) is 12.4. The van der Waals surface area contributed by atoms with E-state index in [1.165, 1.54) is 0 Å². The molecule has 1 rings (SSSR count). The zero-order valence-electron chi connectivity index (χ0n) is 12.4. The molecule has 0 aromatic carbocycles. The average molecular weight is 254 g/mol. The Balaban J connectivity index is 3.06. The molecule has 0 aliphatic heterocycles. The van der Waals surface area contributed by atoms with Crippen molar-refractivity contribution in [2.24, 2.45) is 5.41 Å². The highest BCUT2D eigenvalue weighted by Crippen LogP contribution is 2.32. The number of rotatable bonds is 6. The second-order valence-corrected chi connectivity index (χ2v) is 5.48. The van der Waals surface area contributed by atoms with E-state index >= 15 is 0 Å². The molecule has 0 saturated carbocycles. The summed E-state index contributed by atoms with van der Waals surface area (Å²) in [6.07, 6.45) is 1.90. The summed E-state index contributed by atoms with van der Waals surface area (Å²) in [6.45, 7) is 12.2. The minimum atomic E-state index is 0.0481. The van der Waals surface area contributed by atoms with E-state index in [1.807, 2.05) is 24.9 Å². The van der Waals surface area contributed by atoms with Gasteiger partial charge in [0.05, 0.1) is 24.0 Å². The Labute approximate surface area is 110 Å². The number of aromatic nitrogens is 3.